The van der Waals surface area contributed by atoms with Crippen LogP contribution in [0.3, 0.4) is 0 Å². The lowest BCUT2D eigenvalue weighted by Crippen LogP contribution is -2.29. The molecule has 3 aliphatic rings. The summed E-state index contributed by atoms with van der Waals surface area (Å²) in [4.78, 5) is 21.6. The molecule has 3 unspecified atom stereocenters. The van der Waals surface area contributed by atoms with E-state index in [1.807, 2.05) is 0 Å². The highest BCUT2D eigenvalue weighted by molar-refractivity contribution is 5.98. The molecule has 3 heteroatoms. The van der Waals surface area contributed by atoms with Crippen LogP contribution in [0.2, 0.25) is 0 Å². The Hall–Kier alpha value is -1.25. The molecule has 1 aromatic heterocycles. The smallest absolute Gasteiger partial charge is 0.166 e. The number of rotatable bonds is 1. The predicted octanol–water partition coefficient (Wildman–Crippen LogP) is 3.54. The van der Waals surface area contributed by atoms with E-state index < -0.39 is 0 Å². The molecule has 2 fully saturated rings. The lowest BCUT2D eigenvalue weighted by Gasteiger charge is -2.30. The van der Waals surface area contributed by atoms with E-state index in [9.17, 15) is 4.79 Å². The SMILES string of the molecule is CC1(C)CC(=O)c2cnc(C3CC4CCC3C4)nc2C1. The highest BCUT2D eigenvalue weighted by Gasteiger charge is 2.42. The van der Waals surface area contributed by atoms with E-state index in [-0.39, 0.29) is 11.2 Å². The summed E-state index contributed by atoms with van der Waals surface area (Å²) in [5, 5.41) is 0. The predicted molar refractivity (Wildman–Crippen MR) is 76.7 cm³/mol. The molecule has 0 saturated heterocycles. The van der Waals surface area contributed by atoms with Crippen LogP contribution < -0.4 is 0 Å². The standard InChI is InChI=1S/C17H22N2O/c1-17(2)7-14-13(15(20)8-17)9-18-16(19-14)12-6-10-3-4-11(12)5-10/h9-12H,3-8H2,1-2H3. The quantitative estimate of drug-likeness (QED) is 0.784. The summed E-state index contributed by atoms with van der Waals surface area (Å²) >= 11 is 0. The summed E-state index contributed by atoms with van der Waals surface area (Å²) in [6, 6.07) is 0. The van der Waals surface area contributed by atoms with Gasteiger partial charge in [-0.1, -0.05) is 20.3 Å². The second-order valence-electron chi connectivity index (χ2n) is 7.81. The van der Waals surface area contributed by atoms with Gasteiger partial charge < -0.3 is 0 Å². The Kier molecular flexibility index (Phi) is 2.57. The number of carbonyl (C=O) groups is 1. The van der Waals surface area contributed by atoms with Crippen LogP contribution in [0, 0.1) is 17.3 Å². The van der Waals surface area contributed by atoms with E-state index in [1.165, 1.54) is 25.7 Å². The highest BCUT2D eigenvalue weighted by Crippen LogP contribution is 2.52. The maximum Gasteiger partial charge on any atom is 0.166 e. The van der Waals surface area contributed by atoms with Crippen LogP contribution >= 0.6 is 0 Å². The van der Waals surface area contributed by atoms with Crippen LogP contribution in [0.1, 0.15) is 73.7 Å². The van der Waals surface area contributed by atoms with Crippen molar-refractivity contribution in [3.05, 3.63) is 23.3 Å². The summed E-state index contributed by atoms with van der Waals surface area (Å²) in [5.74, 6) is 3.49. The van der Waals surface area contributed by atoms with Gasteiger partial charge in [-0.2, -0.15) is 0 Å². The average molecular weight is 270 g/mol. The second-order valence-corrected chi connectivity index (χ2v) is 7.81. The number of hydrogen-bond acceptors (Lipinski definition) is 3. The Bertz CT molecular complexity index is 578. The zero-order chi connectivity index (χ0) is 13.9. The minimum Gasteiger partial charge on any atom is -0.294 e. The summed E-state index contributed by atoms with van der Waals surface area (Å²) in [7, 11) is 0. The third-order valence-corrected chi connectivity index (χ3v) is 5.54. The van der Waals surface area contributed by atoms with Gasteiger partial charge in [0.1, 0.15) is 5.82 Å². The molecule has 3 nitrogen and oxygen atoms in total. The molecule has 0 amide bonds. The molecule has 20 heavy (non-hydrogen) atoms. The van der Waals surface area contributed by atoms with E-state index in [1.54, 1.807) is 6.20 Å². The van der Waals surface area contributed by atoms with Crippen molar-refractivity contribution in [1.82, 2.24) is 9.97 Å². The van der Waals surface area contributed by atoms with Crippen molar-refractivity contribution in [2.75, 3.05) is 0 Å². The van der Waals surface area contributed by atoms with Crippen LogP contribution in [0.4, 0.5) is 0 Å². The average Bonchev–Trinajstić information content (AvgIpc) is 2.98. The van der Waals surface area contributed by atoms with Crippen LogP contribution in [-0.2, 0) is 6.42 Å². The van der Waals surface area contributed by atoms with Crippen molar-refractivity contribution in [2.45, 2.75) is 58.3 Å². The molecule has 3 aliphatic carbocycles. The van der Waals surface area contributed by atoms with E-state index >= 15 is 0 Å². The first-order valence-electron chi connectivity index (χ1n) is 7.91. The zero-order valence-electron chi connectivity index (χ0n) is 12.4. The van der Waals surface area contributed by atoms with Crippen LogP contribution in [-0.4, -0.2) is 15.8 Å². The molecule has 1 heterocycles. The Morgan fingerprint density at radius 3 is 2.75 bits per heavy atom. The Morgan fingerprint density at radius 2 is 2.05 bits per heavy atom. The number of carbonyl (C=O) groups excluding carboxylic acids is 1. The van der Waals surface area contributed by atoms with Crippen LogP contribution in [0.25, 0.3) is 0 Å². The van der Waals surface area contributed by atoms with Gasteiger partial charge in [-0.05, 0) is 42.9 Å². The molecule has 1 aromatic rings. The maximum absolute atomic E-state index is 12.2. The van der Waals surface area contributed by atoms with Crippen molar-refractivity contribution in [1.29, 1.82) is 0 Å². The molecule has 106 valence electrons. The fraction of sp³-hybridized carbons (Fsp3) is 0.706. The van der Waals surface area contributed by atoms with Crippen LogP contribution in [0.15, 0.2) is 6.20 Å². The molecule has 0 spiro atoms. The van der Waals surface area contributed by atoms with E-state index in [4.69, 9.17) is 4.98 Å². The van der Waals surface area contributed by atoms with Gasteiger partial charge in [0, 0.05) is 18.5 Å². The van der Waals surface area contributed by atoms with Crippen molar-refractivity contribution in [2.24, 2.45) is 17.3 Å². The Labute approximate surface area is 120 Å². The number of nitrogens with zero attached hydrogens (tertiary/aromatic N) is 2. The van der Waals surface area contributed by atoms with Crippen molar-refractivity contribution in [3.8, 4) is 0 Å². The third-order valence-electron chi connectivity index (χ3n) is 5.54. The van der Waals surface area contributed by atoms with Crippen LogP contribution in [0.5, 0.6) is 0 Å². The van der Waals surface area contributed by atoms with Gasteiger partial charge in [-0.15, -0.1) is 0 Å². The topological polar surface area (TPSA) is 42.9 Å². The molecule has 4 rings (SSSR count). The van der Waals surface area contributed by atoms with Gasteiger partial charge in [0.15, 0.2) is 5.78 Å². The maximum atomic E-state index is 12.2. The van der Waals surface area contributed by atoms with Gasteiger partial charge in [-0.3, -0.25) is 4.79 Å². The van der Waals surface area contributed by atoms with Gasteiger partial charge in [0.2, 0.25) is 0 Å². The molecule has 2 saturated carbocycles. The third kappa shape index (κ3) is 1.90. The lowest BCUT2D eigenvalue weighted by atomic mass is 9.76. The first kappa shape index (κ1) is 12.5. The number of aromatic nitrogens is 2. The summed E-state index contributed by atoms with van der Waals surface area (Å²) < 4.78 is 0. The first-order chi connectivity index (χ1) is 9.52. The number of Topliss-reactive ketones (excluding diaryl/α,β-unsaturated/α-hetero) is 1. The normalized spacial score (nSPS) is 34.3. The molecule has 0 aliphatic heterocycles. The highest BCUT2D eigenvalue weighted by atomic mass is 16.1. The minimum absolute atomic E-state index is 0.0460. The molecular formula is C17H22N2O. The van der Waals surface area contributed by atoms with Crippen molar-refractivity contribution < 1.29 is 4.79 Å². The molecule has 2 bridgehead atoms. The largest absolute Gasteiger partial charge is 0.294 e. The fourth-order valence-corrected chi connectivity index (χ4v) is 4.59. The number of ketones is 1. The fourth-order valence-electron chi connectivity index (χ4n) is 4.59. The van der Waals surface area contributed by atoms with Gasteiger partial charge in [-0.25, -0.2) is 9.97 Å². The Balaban J connectivity index is 1.69. The second kappa shape index (κ2) is 4.12. The molecule has 0 N–H and O–H groups in total. The van der Waals surface area contributed by atoms with E-state index in [0.29, 0.717) is 12.3 Å². The van der Waals surface area contributed by atoms with Gasteiger partial charge in [0.05, 0.1) is 11.3 Å². The number of hydrogen-bond donors (Lipinski definition) is 0. The van der Waals surface area contributed by atoms with Crippen molar-refractivity contribution in [3.63, 3.8) is 0 Å². The Morgan fingerprint density at radius 1 is 1.20 bits per heavy atom. The summed E-state index contributed by atoms with van der Waals surface area (Å²) in [5.41, 5.74) is 1.82. The molecular weight excluding hydrogens is 248 g/mol. The number of fused-ring (bicyclic) bond motifs is 3. The van der Waals surface area contributed by atoms with Crippen molar-refractivity contribution >= 4 is 5.78 Å². The van der Waals surface area contributed by atoms with Gasteiger partial charge in [0.25, 0.3) is 0 Å². The van der Waals surface area contributed by atoms with Gasteiger partial charge >= 0.3 is 0 Å². The zero-order valence-corrected chi connectivity index (χ0v) is 12.4. The molecule has 0 radical (unpaired) electrons. The minimum atomic E-state index is 0.0460. The summed E-state index contributed by atoms with van der Waals surface area (Å²) in [6.07, 6.45) is 8.72. The lowest BCUT2D eigenvalue weighted by molar-refractivity contribution is 0.0909. The first-order valence-corrected chi connectivity index (χ1v) is 7.91. The summed E-state index contributed by atoms with van der Waals surface area (Å²) in [6.45, 7) is 4.32. The molecule has 0 aromatic carbocycles. The van der Waals surface area contributed by atoms with E-state index in [0.717, 1.165) is 35.3 Å². The monoisotopic (exact) mass is 270 g/mol. The van der Waals surface area contributed by atoms with E-state index in [2.05, 4.69) is 18.8 Å². The molecule has 3 atom stereocenters.